The maximum absolute atomic E-state index is 10.9. The first-order chi connectivity index (χ1) is 12.6. The Hall–Kier alpha value is -2.23. The zero-order valence-corrected chi connectivity index (χ0v) is 15.1. The van der Waals surface area contributed by atoms with Crippen molar-refractivity contribution in [1.29, 1.82) is 0 Å². The number of aromatic nitrogens is 2. The van der Waals surface area contributed by atoms with Crippen molar-refractivity contribution in [3.05, 3.63) is 34.5 Å². The molecule has 3 aliphatic rings. The molecule has 0 fully saturated rings. The first-order valence-corrected chi connectivity index (χ1v) is 9.48. The number of hydrogen-bond acceptors (Lipinski definition) is 6. The van der Waals surface area contributed by atoms with E-state index < -0.39 is 6.03 Å². The van der Waals surface area contributed by atoms with Gasteiger partial charge in [-0.15, -0.1) is 0 Å². The zero-order valence-electron chi connectivity index (χ0n) is 14.3. The third-order valence-electron chi connectivity index (χ3n) is 4.99. The van der Waals surface area contributed by atoms with Crippen LogP contribution in [0.3, 0.4) is 0 Å². The second-order valence-corrected chi connectivity index (χ2v) is 7.38. The molecule has 7 N–H and O–H groups in total. The number of benzene rings is 1. The monoisotopic (exact) mass is 374 g/mol. The van der Waals surface area contributed by atoms with Gasteiger partial charge in [-0.2, -0.15) is 5.10 Å². The molecule has 9 heteroatoms. The summed E-state index contributed by atoms with van der Waals surface area (Å²) in [5.74, 6) is 0.740. The number of carbonyl (C=O) groups excluding carboxylic acids is 1. The molecule has 0 bridgehead atoms. The van der Waals surface area contributed by atoms with Gasteiger partial charge in [0.05, 0.1) is 18.8 Å². The molecule has 0 saturated heterocycles. The smallest absolute Gasteiger partial charge is 0.316 e. The van der Waals surface area contributed by atoms with Gasteiger partial charge < -0.3 is 21.5 Å². The fraction of sp³-hybridized carbons (Fsp3) is 0.412. The lowest BCUT2D eigenvalue weighted by Gasteiger charge is -2.31. The molecule has 1 unspecified atom stereocenters. The van der Waals surface area contributed by atoms with Crippen LogP contribution in [0.4, 0.5) is 10.5 Å². The van der Waals surface area contributed by atoms with Gasteiger partial charge in [0.1, 0.15) is 11.5 Å². The molecule has 1 aromatic carbocycles. The van der Waals surface area contributed by atoms with Gasteiger partial charge in [0.25, 0.3) is 0 Å². The van der Waals surface area contributed by atoms with Crippen LogP contribution in [-0.2, 0) is 32.2 Å². The molecule has 26 heavy (non-hydrogen) atoms. The van der Waals surface area contributed by atoms with Crippen molar-refractivity contribution < 1.29 is 9.53 Å². The van der Waals surface area contributed by atoms with Crippen LogP contribution in [0.2, 0.25) is 0 Å². The van der Waals surface area contributed by atoms with Gasteiger partial charge in [0.15, 0.2) is 0 Å². The van der Waals surface area contributed by atoms with E-state index in [-0.39, 0.29) is 6.04 Å². The van der Waals surface area contributed by atoms with E-state index in [2.05, 4.69) is 16.5 Å². The molecule has 138 valence electrons. The van der Waals surface area contributed by atoms with Crippen LogP contribution in [0.15, 0.2) is 17.2 Å². The molecular weight excluding hydrogens is 352 g/mol. The van der Waals surface area contributed by atoms with Gasteiger partial charge in [0.2, 0.25) is 5.88 Å². The number of aryl methyl sites for hydroxylation is 2. The minimum Gasteiger partial charge on any atom is -0.475 e. The molecule has 2 aromatic rings. The first-order valence-electron chi connectivity index (χ1n) is 8.60. The van der Waals surface area contributed by atoms with E-state index in [1.807, 2.05) is 0 Å². The standard InChI is InChI=1S/C11H12N2O.C6H10N4OS/c12-11(14)13-10-8-3-1-6(8)5-7-2-4-9(7)10;7-4-2-10-6(11-3-4)5(12-8)1-9-10/h5H,1-4H2,(H3,12,13,14);1,4H,2-3,7-8H2. The van der Waals surface area contributed by atoms with E-state index in [1.54, 1.807) is 10.9 Å². The Kier molecular flexibility index (Phi) is 4.51. The molecule has 0 radical (unpaired) electrons. The predicted octanol–water partition coefficient (Wildman–Crippen LogP) is 0.943. The Morgan fingerprint density at radius 3 is 2.50 bits per heavy atom. The van der Waals surface area contributed by atoms with Crippen LogP contribution in [0.25, 0.3) is 0 Å². The number of primary amides is 1. The van der Waals surface area contributed by atoms with Crippen molar-refractivity contribution in [2.45, 2.75) is 43.2 Å². The minimum absolute atomic E-state index is 0.0352. The first kappa shape index (κ1) is 17.2. The van der Waals surface area contributed by atoms with Crippen LogP contribution in [0.5, 0.6) is 5.88 Å². The molecular formula is C17H22N6O2S. The molecule has 1 atom stereocenters. The fourth-order valence-corrected chi connectivity index (χ4v) is 3.89. The Bertz CT molecular complexity index is 835. The average molecular weight is 374 g/mol. The molecule has 0 saturated carbocycles. The quantitative estimate of drug-likeness (QED) is 0.578. The molecule has 8 nitrogen and oxygen atoms in total. The second-order valence-electron chi connectivity index (χ2n) is 6.70. The third-order valence-corrected chi connectivity index (χ3v) is 5.53. The molecule has 1 aromatic heterocycles. The zero-order chi connectivity index (χ0) is 18.3. The number of hydrogen-bond donors (Lipinski definition) is 4. The number of nitrogens with two attached hydrogens (primary N) is 3. The number of rotatable bonds is 2. The van der Waals surface area contributed by atoms with Crippen LogP contribution in [0, 0.1) is 0 Å². The summed E-state index contributed by atoms with van der Waals surface area (Å²) >= 11 is 1.14. The van der Waals surface area contributed by atoms with Crippen LogP contribution in [-0.4, -0.2) is 28.5 Å². The Morgan fingerprint density at radius 2 is 1.96 bits per heavy atom. The fourth-order valence-electron chi connectivity index (χ4n) is 3.52. The summed E-state index contributed by atoms with van der Waals surface area (Å²) in [7, 11) is 0. The topological polar surface area (TPSA) is 134 Å². The molecule has 0 spiro atoms. The van der Waals surface area contributed by atoms with Crippen molar-refractivity contribution in [2.24, 2.45) is 16.6 Å². The highest BCUT2D eigenvalue weighted by Crippen LogP contribution is 2.40. The van der Waals surface area contributed by atoms with Crippen LogP contribution < -0.4 is 26.7 Å². The van der Waals surface area contributed by atoms with E-state index >= 15 is 0 Å². The summed E-state index contributed by atoms with van der Waals surface area (Å²) in [5, 5.41) is 12.3. The van der Waals surface area contributed by atoms with E-state index in [9.17, 15) is 4.79 Å². The molecule has 2 aliphatic carbocycles. The predicted molar refractivity (Wildman–Crippen MR) is 100 cm³/mol. The third kappa shape index (κ3) is 3.02. The highest BCUT2D eigenvalue weighted by molar-refractivity contribution is 7.97. The number of carbonyl (C=O) groups is 1. The van der Waals surface area contributed by atoms with Crippen molar-refractivity contribution in [3.63, 3.8) is 0 Å². The minimum atomic E-state index is -0.445. The lowest BCUT2D eigenvalue weighted by Crippen LogP contribution is -2.37. The largest absolute Gasteiger partial charge is 0.475 e. The normalized spacial score (nSPS) is 18.6. The number of ether oxygens (including phenoxy) is 1. The van der Waals surface area contributed by atoms with E-state index in [0.29, 0.717) is 13.2 Å². The van der Waals surface area contributed by atoms with Crippen LogP contribution in [0.1, 0.15) is 22.3 Å². The lowest BCUT2D eigenvalue weighted by atomic mass is 9.76. The summed E-state index contributed by atoms with van der Waals surface area (Å²) in [6, 6.07) is 1.87. The summed E-state index contributed by atoms with van der Waals surface area (Å²) in [4.78, 5) is 11.7. The second kappa shape index (κ2) is 6.82. The van der Waals surface area contributed by atoms with Crippen molar-refractivity contribution >= 4 is 23.7 Å². The number of urea groups is 1. The number of fused-ring (bicyclic) bond motifs is 3. The number of nitrogens with zero attached hydrogens (tertiary/aromatic N) is 2. The highest BCUT2D eigenvalue weighted by atomic mass is 32.2. The van der Waals surface area contributed by atoms with Gasteiger partial charge in [-0.1, -0.05) is 6.07 Å². The lowest BCUT2D eigenvalue weighted by molar-refractivity contribution is 0.201. The van der Waals surface area contributed by atoms with Gasteiger partial charge in [0, 0.05) is 5.69 Å². The molecule has 1 aliphatic heterocycles. The molecule has 2 amide bonds. The Morgan fingerprint density at radius 1 is 1.27 bits per heavy atom. The van der Waals surface area contributed by atoms with Crippen molar-refractivity contribution in [1.82, 2.24) is 9.78 Å². The summed E-state index contributed by atoms with van der Waals surface area (Å²) in [6.45, 7) is 1.25. The van der Waals surface area contributed by atoms with Crippen LogP contribution >= 0.6 is 11.9 Å². The summed E-state index contributed by atoms with van der Waals surface area (Å²) in [5.41, 5.74) is 17.3. The summed E-state index contributed by atoms with van der Waals surface area (Å²) < 4.78 is 7.11. The Labute approximate surface area is 155 Å². The number of anilines is 1. The summed E-state index contributed by atoms with van der Waals surface area (Å²) in [6.07, 6.45) is 6.15. The number of amides is 2. The average Bonchev–Trinajstić information content (AvgIpc) is 2.94. The van der Waals surface area contributed by atoms with Gasteiger partial charge in [-0.25, -0.2) is 9.48 Å². The molecule has 2 heterocycles. The maximum Gasteiger partial charge on any atom is 0.316 e. The van der Waals surface area contributed by atoms with Crippen molar-refractivity contribution in [2.75, 3.05) is 11.9 Å². The maximum atomic E-state index is 10.9. The van der Waals surface area contributed by atoms with E-state index in [1.165, 1.54) is 22.3 Å². The van der Waals surface area contributed by atoms with Gasteiger partial charge in [-0.05, 0) is 59.9 Å². The highest BCUT2D eigenvalue weighted by Gasteiger charge is 2.27. The van der Waals surface area contributed by atoms with Crippen molar-refractivity contribution in [3.8, 4) is 5.88 Å². The van der Waals surface area contributed by atoms with E-state index in [4.69, 9.17) is 21.3 Å². The SMILES string of the molecule is NC(=O)Nc1c2c(cc3c1CC3)CC2.NSc1cnn2c1OCC(N)C2. The van der Waals surface area contributed by atoms with Gasteiger partial charge in [-0.3, -0.25) is 5.14 Å². The van der Waals surface area contributed by atoms with Gasteiger partial charge >= 0.3 is 6.03 Å². The Balaban J connectivity index is 0.000000131. The molecule has 5 rings (SSSR count). The number of nitrogens with one attached hydrogen (secondary N) is 1. The van der Waals surface area contributed by atoms with E-state index in [0.717, 1.165) is 54.1 Å².